The quantitative estimate of drug-likeness (QED) is 0.660. The van der Waals surface area contributed by atoms with Gasteiger partial charge in [0.1, 0.15) is 0 Å². The van der Waals surface area contributed by atoms with Gasteiger partial charge in [-0.1, -0.05) is 43.1 Å². The molecule has 0 aliphatic carbocycles. The highest BCUT2D eigenvalue weighted by atomic mass is 16.5. The maximum absolute atomic E-state index is 5.19. The van der Waals surface area contributed by atoms with E-state index in [-0.39, 0.29) is 29.7 Å². The molecule has 0 aromatic rings. The van der Waals surface area contributed by atoms with Gasteiger partial charge < -0.3 is 10.5 Å². The normalized spacial score (nSPS) is 6.50. The molecule has 0 amide bonds. The van der Waals surface area contributed by atoms with Crippen molar-refractivity contribution in [2.75, 3.05) is 19.8 Å². The average Bonchev–Trinajstić information content (AvgIpc) is 1.81. The van der Waals surface area contributed by atoms with E-state index >= 15 is 0 Å². The highest BCUT2D eigenvalue weighted by Gasteiger charge is 1.81. The summed E-state index contributed by atoms with van der Waals surface area (Å²) in [6, 6.07) is 0. The lowest BCUT2D eigenvalue weighted by Crippen LogP contribution is -2.08. The van der Waals surface area contributed by atoms with Crippen LogP contribution in [0.1, 0.15) is 49.5 Å². The van der Waals surface area contributed by atoms with Crippen molar-refractivity contribution >= 4 is 0 Å². The fraction of sp³-hybridized carbons (Fsp3) is 1.00. The summed E-state index contributed by atoms with van der Waals surface area (Å²) < 4.78 is 5.10. The molecule has 2 nitrogen and oxygen atoms in total. The van der Waals surface area contributed by atoms with Crippen molar-refractivity contribution in [3.8, 4) is 0 Å². The van der Waals surface area contributed by atoms with Gasteiger partial charge in [-0.2, -0.15) is 0 Å². The number of hydrogen-bond donors (Lipinski definition) is 1. The highest BCUT2D eigenvalue weighted by Crippen LogP contribution is 1.85. The van der Waals surface area contributed by atoms with E-state index in [2.05, 4.69) is 6.92 Å². The molecule has 0 saturated heterocycles. The molecule has 0 bridgehead atoms. The Morgan fingerprint density at radius 2 is 1.50 bits per heavy atom. The first-order valence-electron chi connectivity index (χ1n) is 3.19. The molecule has 0 fully saturated rings. The van der Waals surface area contributed by atoms with E-state index in [1.54, 1.807) is 0 Å². The smallest absolute Gasteiger partial charge is 0.0588 e. The first kappa shape index (κ1) is 29.7. The Balaban J connectivity index is -0.0000000408. The summed E-state index contributed by atoms with van der Waals surface area (Å²) in [7, 11) is 0. The fourth-order valence-corrected chi connectivity index (χ4v) is 0.432. The van der Waals surface area contributed by atoms with Gasteiger partial charge in [0.05, 0.1) is 6.61 Å². The van der Waals surface area contributed by atoms with Crippen molar-refractivity contribution in [1.29, 1.82) is 0 Å². The van der Waals surface area contributed by atoms with Crippen LogP contribution < -0.4 is 5.73 Å². The van der Waals surface area contributed by atoms with Gasteiger partial charge in [-0.25, -0.2) is 0 Å². The molecule has 0 saturated carbocycles. The summed E-state index contributed by atoms with van der Waals surface area (Å²) in [6.07, 6.45) is 2.35. The van der Waals surface area contributed by atoms with Crippen molar-refractivity contribution in [2.45, 2.75) is 49.5 Å². The predicted molar refractivity (Wildman–Crippen MR) is 61.7 cm³/mol. The minimum absolute atomic E-state index is 0. The fourth-order valence-electron chi connectivity index (χ4n) is 0.432. The van der Waals surface area contributed by atoms with E-state index in [9.17, 15) is 0 Å². The number of hydrogen-bond acceptors (Lipinski definition) is 2. The van der Waals surface area contributed by atoms with Crippen LogP contribution in [0.5, 0.6) is 0 Å². The van der Waals surface area contributed by atoms with Crippen LogP contribution in [0.4, 0.5) is 0 Å². The molecule has 0 aromatic heterocycles. The zero-order chi connectivity index (χ0) is 6.24. The van der Waals surface area contributed by atoms with Crippen LogP contribution in [0.15, 0.2) is 0 Å². The monoisotopic (exact) mass is 181 g/mol. The Labute approximate surface area is 80.5 Å². The van der Waals surface area contributed by atoms with Crippen LogP contribution >= 0.6 is 0 Å². The van der Waals surface area contributed by atoms with Gasteiger partial charge in [-0.15, -0.1) is 0 Å². The molecule has 0 aromatic carbocycles. The Morgan fingerprint density at radius 1 is 1.00 bits per heavy atom. The summed E-state index contributed by atoms with van der Waals surface area (Å²) in [5.41, 5.74) is 5.19. The molecular weight excluding hydrogens is 150 g/mol. The molecule has 2 N–H and O–H groups in total. The van der Waals surface area contributed by atoms with Gasteiger partial charge in [0.2, 0.25) is 0 Å². The minimum atomic E-state index is 0. The Bertz CT molecular complexity index is 34.8. The van der Waals surface area contributed by atoms with E-state index in [1.807, 2.05) is 0 Å². The second-order valence-electron chi connectivity index (χ2n) is 1.75. The number of nitrogens with two attached hydrogens (primary N) is 1. The maximum atomic E-state index is 5.19. The molecule has 12 heavy (non-hydrogen) atoms. The van der Waals surface area contributed by atoms with Crippen molar-refractivity contribution < 1.29 is 4.74 Å². The third kappa shape index (κ3) is 32.6. The summed E-state index contributed by atoms with van der Waals surface area (Å²) in [5.74, 6) is 0. The molecular formula is C10H31NO. The second-order valence-corrected chi connectivity index (χ2v) is 1.75. The molecule has 0 spiro atoms. The Morgan fingerprint density at radius 3 is 1.83 bits per heavy atom. The highest BCUT2D eigenvalue weighted by molar-refractivity contribution is 4.33. The standard InChI is InChI=1S/C6H15NO.4CH4/c1-2-3-5-8-6-4-7;;;;/h2-7H2,1H3;4*1H4. The molecule has 0 radical (unpaired) electrons. The second kappa shape index (κ2) is 30.7. The number of rotatable bonds is 5. The lowest BCUT2D eigenvalue weighted by molar-refractivity contribution is 0.138. The number of unbranched alkanes of at least 4 members (excludes halogenated alkanes) is 1. The molecule has 0 aliphatic heterocycles. The van der Waals surface area contributed by atoms with Crippen LogP contribution in [0.25, 0.3) is 0 Å². The van der Waals surface area contributed by atoms with E-state index in [0.717, 1.165) is 13.0 Å². The van der Waals surface area contributed by atoms with Gasteiger partial charge in [0.15, 0.2) is 0 Å². The largest absolute Gasteiger partial charge is 0.380 e. The average molecular weight is 181 g/mol. The van der Waals surface area contributed by atoms with Gasteiger partial charge in [-0.3, -0.25) is 0 Å². The van der Waals surface area contributed by atoms with Crippen molar-refractivity contribution in [3.63, 3.8) is 0 Å². The molecule has 0 aliphatic rings. The Kier molecular flexibility index (Phi) is 75.8. The molecule has 82 valence electrons. The SMILES string of the molecule is C.C.C.C.CCCCOCCN. The van der Waals surface area contributed by atoms with E-state index in [4.69, 9.17) is 10.5 Å². The first-order chi connectivity index (χ1) is 3.91. The van der Waals surface area contributed by atoms with Gasteiger partial charge in [0, 0.05) is 13.2 Å². The van der Waals surface area contributed by atoms with Crippen molar-refractivity contribution in [1.82, 2.24) is 0 Å². The van der Waals surface area contributed by atoms with Gasteiger partial charge in [-0.05, 0) is 6.42 Å². The molecule has 2 heteroatoms. The summed E-state index contributed by atoms with van der Waals surface area (Å²) in [4.78, 5) is 0. The molecule has 0 atom stereocenters. The summed E-state index contributed by atoms with van der Waals surface area (Å²) in [5, 5.41) is 0. The predicted octanol–water partition coefficient (Wildman–Crippen LogP) is 3.31. The van der Waals surface area contributed by atoms with Gasteiger partial charge in [0.25, 0.3) is 0 Å². The van der Waals surface area contributed by atoms with Crippen LogP contribution in [-0.4, -0.2) is 19.8 Å². The summed E-state index contributed by atoms with van der Waals surface area (Å²) >= 11 is 0. The molecule has 0 heterocycles. The van der Waals surface area contributed by atoms with Crippen LogP contribution in [0.2, 0.25) is 0 Å². The first-order valence-corrected chi connectivity index (χ1v) is 3.19. The zero-order valence-corrected chi connectivity index (χ0v) is 5.52. The van der Waals surface area contributed by atoms with E-state index in [1.165, 1.54) is 6.42 Å². The lowest BCUT2D eigenvalue weighted by atomic mass is 10.4. The van der Waals surface area contributed by atoms with E-state index < -0.39 is 0 Å². The topological polar surface area (TPSA) is 35.2 Å². The zero-order valence-electron chi connectivity index (χ0n) is 5.52. The molecule has 0 unspecified atom stereocenters. The third-order valence-corrected chi connectivity index (χ3v) is 0.904. The van der Waals surface area contributed by atoms with E-state index in [0.29, 0.717) is 13.2 Å². The van der Waals surface area contributed by atoms with Crippen molar-refractivity contribution in [2.24, 2.45) is 5.73 Å². The third-order valence-electron chi connectivity index (χ3n) is 0.904. The lowest BCUT2D eigenvalue weighted by Gasteiger charge is -1.97. The van der Waals surface area contributed by atoms with Crippen LogP contribution in [-0.2, 0) is 4.74 Å². The summed E-state index contributed by atoms with van der Waals surface area (Å²) in [6.45, 7) is 4.36. The van der Waals surface area contributed by atoms with Gasteiger partial charge >= 0.3 is 0 Å². The minimum Gasteiger partial charge on any atom is -0.380 e. The van der Waals surface area contributed by atoms with Crippen molar-refractivity contribution in [3.05, 3.63) is 0 Å². The molecule has 0 rings (SSSR count). The number of ether oxygens (including phenoxy) is 1. The van der Waals surface area contributed by atoms with Crippen LogP contribution in [0, 0.1) is 0 Å². The Hall–Kier alpha value is -0.0800. The van der Waals surface area contributed by atoms with Crippen LogP contribution in [0.3, 0.4) is 0 Å². The maximum Gasteiger partial charge on any atom is 0.0588 e.